The Morgan fingerprint density at radius 3 is 2.00 bits per heavy atom. The Labute approximate surface area is 135 Å². The largest absolute Gasteiger partial charge is 0.369 e. The number of nitrogens with zero attached hydrogens (tertiary/aromatic N) is 2. The first-order valence-electron chi connectivity index (χ1n) is 7.43. The van der Waals surface area contributed by atoms with Crippen molar-refractivity contribution in [2.24, 2.45) is 0 Å². The summed E-state index contributed by atoms with van der Waals surface area (Å²) in [5.74, 6) is 0. The van der Waals surface area contributed by atoms with Crippen molar-refractivity contribution in [3.63, 3.8) is 0 Å². The van der Waals surface area contributed by atoms with Gasteiger partial charge in [-0.25, -0.2) is 0 Å². The average Bonchev–Trinajstić information content (AvgIpc) is 2.60. The van der Waals surface area contributed by atoms with Crippen LogP contribution in [0.3, 0.4) is 0 Å². The molecule has 3 nitrogen and oxygen atoms in total. The van der Waals surface area contributed by atoms with E-state index in [9.17, 15) is 4.79 Å². The zero-order valence-electron chi connectivity index (χ0n) is 13.9. The number of anilines is 1. The number of allylic oxidation sites excluding steroid dienone is 3. The number of hydrogen-bond donors (Lipinski definition) is 0. The van der Waals surface area contributed by atoms with Crippen LogP contribution in [0.5, 0.6) is 0 Å². The van der Waals surface area contributed by atoms with E-state index >= 15 is 0 Å². The van der Waals surface area contributed by atoms with E-state index in [2.05, 4.69) is 66.9 Å². The van der Waals surface area contributed by atoms with Crippen molar-refractivity contribution in [3.05, 3.63) is 67.8 Å². The van der Waals surface area contributed by atoms with Crippen LogP contribution in [-0.2, 0) is 4.79 Å². The van der Waals surface area contributed by atoms with Crippen LogP contribution in [0.4, 0.5) is 5.69 Å². The third-order valence-electron chi connectivity index (χ3n) is 3.33. The molecular weight excluding hydrogens is 272 g/mol. The Morgan fingerprint density at radius 2 is 1.64 bits per heavy atom. The highest BCUT2D eigenvalue weighted by Gasteiger charge is 2.13. The second-order valence-corrected chi connectivity index (χ2v) is 4.74. The van der Waals surface area contributed by atoms with Crippen molar-refractivity contribution in [1.82, 2.24) is 4.90 Å². The van der Waals surface area contributed by atoms with E-state index in [1.165, 1.54) is 24.9 Å². The molecule has 120 valence electrons. The highest BCUT2D eigenvalue weighted by Crippen LogP contribution is 2.14. The molecule has 0 bridgehead atoms. The van der Waals surface area contributed by atoms with E-state index in [1.807, 2.05) is 0 Å². The monoisotopic (exact) mass is 300 g/mol. The second-order valence-electron chi connectivity index (χ2n) is 4.74. The van der Waals surface area contributed by atoms with Crippen LogP contribution in [0, 0.1) is 0 Å². The predicted octanol–water partition coefficient (Wildman–Crippen LogP) is 3.56. The lowest BCUT2D eigenvalue weighted by atomic mass is 10.2. The van der Waals surface area contributed by atoms with Crippen LogP contribution in [0.2, 0.25) is 0 Å². The second kappa shape index (κ2) is 12.6. The van der Waals surface area contributed by atoms with Crippen LogP contribution >= 0.6 is 0 Å². The summed E-state index contributed by atoms with van der Waals surface area (Å²) in [4.78, 5) is 14.6. The van der Waals surface area contributed by atoms with Gasteiger partial charge in [-0.1, -0.05) is 36.9 Å². The first-order chi connectivity index (χ1) is 10.7. The van der Waals surface area contributed by atoms with E-state index in [4.69, 9.17) is 0 Å². The number of carbonyl (C=O) groups is 1. The molecule has 1 aliphatic heterocycles. The van der Waals surface area contributed by atoms with Gasteiger partial charge in [0.2, 0.25) is 0 Å². The maximum absolute atomic E-state index is 9.83. The zero-order chi connectivity index (χ0) is 16.8. The quantitative estimate of drug-likeness (QED) is 0.369. The Bertz CT molecular complexity index is 436. The molecule has 0 N–H and O–H groups in total. The molecule has 1 saturated heterocycles. The summed E-state index contributed by atoms with van der Waals surface area (Å²) < 4.78 is 0. The fraction of sp³-hybridized carbons (Fsp3) is 0.316. The summed E-state index contributed by atoms with van der Waals surface area (Å²) in [6.45, 7) is 15.9. The molecule has 0 aliphatic carbocycles. The Hall–Kier alpha value is -2.13. The smallest absolute Gasteiger partial charge is 0.149 e. The first-order valence-corrected chi connectivity index (χ1v) is 7.43. The van der Waals surface area contributed by atoms with Gasteiger partial charge in [-0.05, 0) is 26.1 Å². The van der Waals surface area contributed by atoms with Crippen LogP contribution in [0.1, 0.15) is 6.92 Å². The van der Waals surface area contributed by atoms with Gasteiger partial charge in [0, 0.05) is 37.4 Å². The third kappa shape index (κ3) is 7.60. The molecule has 0 radical (unpaired) electrons. The number of hydrogen-bond acceptors (Lipinski definition) is 3. The van der Waals surface area contributed by atoms with Gasteiger partial charge in [0.05, 0.1) is 0 Å². The molecule has 1 heterocycles. The van der Waals surface area contributed by atoms with Gasteiger partial charge in [-0.15, -0.1) is 13.2 Å². The van der Waals surface area contributed by atoms with Gasteiger partial charge in [0.25, 0.3) is 0 Å². The van der Waals surface area contributed by atoms with E-state index in [0.29, 0.717) is 5.57 Å². The summed E-state index contributed by atoms with van der Waals surface area (Å²) >= 11 is 0. The number of likely N-dealkylation sites (N-methyl/N-ethyl adjacent to an activating group) is 1. The topological polar surface area (TPSA) is 23.6 Å². The molecule has 0 atom stereocenters. The van der Waals surface area contributed by atoms with Crippen molar-refractivity contribution < 1.29 is 4.79 Å². The molecule has 2 rings (SSSR count). The SMILES string of the molecule is C=C.C=C/C(C=O)=C\C.CN1CCN(c2ccccc2)CC1. The summed E-state index contributed by atoms with van der Waals surface area (Å²) in [5, 5.41) is 0. The van der Waals surface area contributed by atoms with Gasteiger partial charge in [0.1, 0.15) is 6.29 Å². The molecule has 0 unspecified atom stereocenters. The summed E-state index contributed by atoms with van der Waals surface area (Å²) in [7, 11) is 2.18. The molecule has 0 spiro atoms. The van der Waals surface area contributed by atoms with Gasteiger partial charge < -0.3 is 9.80 Å². The summed E-state index contributed by atoms with van der Waals surface area (Å²) in [5.41, 5.74) is 2.00. The Balaban J connectivity index is 0.000000421. The molecule has 0 aromatic heterocycles. The Morgan fingerprint density at radius 1 is 1.09 bits per heavy atom. The number of rotatable bonds is 3. The van der Waals surface area contributed by atoms with Crippen molar-refractivity contribution >= 4 is 12.0 Å². The average molecular weight is 300 g/mol. The zero-order valence-corrected chi connectivity index (χ0v) is 13.9. The minimum Gasteiger partial charge on any atom is -0.369 e. The highest BCUT2D eigenvalue weighted by molar-refractivity contribution is 5.76. The fourth-order valence-corrected chi connectivity index (χ4v) is 1.94. The van der Waals surface area contributed by atoms with E-state index in [-0.39, 0.29) is 0 Å². The van der Waals surface area contributed by atoms with E-state index in [1.54, 1.807) is 13.0 Å². The predicted molar refractivity (Wildman–Crippen MR) is 97.4 cm³/mol. The van der Waals surface area contributed by atoms with Crippen molar-refractivity contribution in [2.45, 2.75) is 6.92 Å². The number of para-hydroxylation sites is 1. The number of piperazine rings is 1. The van der Waals surface area contributed by atoms with Crippen molar-refractivity contribution in [2.75, 3.05) is 38.1 Å². The maximum Gasteiger partial charge on any atom is 0.149 e. The first kappa shape index (κ1) is 19.9. The lowest BCUT2D eigenvalue weighted by molar-refractivity contribution is -0.104. The minimum atomic E-state index is 0.639. The van der Waals surface area contributed by atoms with Gasteiger partial charge in [-0.2, -0.15) is 0 Å². The van der Waals surface area contributed by atoms with Crippen LogP contribution in [0.15, 0.2) is 67.8 Å². The molecule has 3 heteroatoms. The highest BCUT2D eigenvalue weighted by atomic mass is 16.1. The molecule has 1 aromatic carbocycles. The van der Waals surface area contributed by atoms with Gasteiger partial charge >= 0.3 is 0 Å². The molecule has 1 fully saturated rings. The molecular formula is C19H28N2O. The van der Waals surface area contributed by atoms with E-state index in [0.717, 1.165) is 19.4 Å². The van der Waals surface area contributed by atoms with Crippen LogP contribution in [-0.4, -0.2) is 44.4 Å². The van der Waals surface area contributed by atoms with E-state index < -0.39 is 0 Å². The lowest BCUT2D eigenvalue weighted by Gasteiger charge is -2.33. The Kier molecular flexibility index (Phi) is 11.4. The van der Waals surface area contributed by atoms with Gasteiger partial charge in [0.15, 0.2) is 0 Å². The van der Waals surface area contributed by atoms with Crippen molar-refractivity contribution in [3.8, 4) is 0 Å². The minimum absolute atomic E-state index is 0.639. The number of carbonyl (C=O) groups excluding carboxylic acids is 1. The number of benzene rings is 1. The maximum atomic E-state index is 9.83. The van der Waals surface area contributed by atoms with Crippen molar-refractivity contribution in [1.29, 1.82) is 0 Å². The summed E-state index contributed by atoms with van der Waals surface area (Å²) in [6, 6.07) is 10.7. The molecule has 22 heavy (non-hydrogen) atoms. The summed E-state index contributed by atoms with van der Waals surface area (Å²) in [6.07, 6.45) is 4.00. The van der Waals surface area contributed by atoms with Crippen LogP contribution in [0.25, 0.3) is 0 Å². The normalized spacial score (nSPS) is 14.8. The number of aldehydes is 1. The third-order valence-corrected chi connectivity index (χ3v) is 3.33. The fourth-order valence-electron chi connectivity index (χ4n) is 1.94. The molecule has 0 amide bonds. The molecule has 1 aliphatic rings. The molecule has 1 aromatic rings. The lowest BCUT2D eigenvalue weighted by Crippen LogP contribution is -2.44. The molecule has 0 saturated carbocycles. The van der Waals surface area contributed by atoms with Crippen LogP contribution < -0.4 is 4.90 Å². The standard InChI is InChI=1S/C11H16N2.C6H8O.C2H4/c1-12-7-9-13(10-8-12)11-5-3-2-4-6-11;1-3-6(4-2)5-7;1-2/h2-6H,7-10H2,1H3;3-5H,1H2,2H3;1-2H2/b;6-4+;. The van der Waals surface area contributed by atoms with Gasteiger partial charge in [-0.3, -0.25) is 4.79 Å².